The summed E-state index contributed by atoms with van der Waals surface area (Å²) in [5.41, 5.74) is -12.3. The summed E-state index contributed by atoms with van der Waals surface area (Å²) in [6.45, 7) is 0. The predicted molar refractivity (Wildman–Crippen MR) is 124 cm³/mol. The number of hydrazine groups is 2. The van der Waals surface area contributed by atoms with E-state index in [1.54, 1.807) is 0 Å². The molecule has 0 heterocycles. The van der Waals surface area contributed by atoms with Crippen LogP contribution in [0.25, 0.3) is 0 Å². The summed E-state index contributed by atoms with van der Waals surface area (Å²) >= 11 is 0. The third kappa shape index (κ3) is 5.71. The molecule has 4 amide bonds. The average Bonchev–Trinajstić information content (AvgIpc) is 2.92. The predicted octanol–water partition coefficient (Wildman–Crippen LogP) is -0.479. The maximum Gasteiger partial charge on any atom is 0.335 e. The van der Waals surface area contributed by atoms with Crippen LogP contribution < -0.4 is 11.7 Å². The Kier molecular flexibility index (Phi) is 8.50. The van der Waals surface area contributed by atoms with Gasteiger partial charge in [0.25, 0.3) is 45.9 Å². The molecule has 26 heteroatoms. The van der Waals surface area contributed by atoms with Crippen molar-refractivity contribution in [2.24, 2.45) is 11.7 Å². The van der Waals surface area contributed by atoms with Gasteiger partial charge in [0.15, 0.2) is 11.1 Å². The second kappa shape index (κ2) is 11.4. The second-order valence-electron chi connectivity index (χ2n) is 7.22. The molecule has 218 valence electrons. The monoisotopic (exact) mass is 596 g/mol. The largest absolute Gasteiger partial charge is 0.335 e. The molecule has 0 aliphatic rings. The number of nitrogens with zero attached hydrogens (tertiary/aromatic N) is 8. The zero-order valence-corrected chi connectivity index (χ0v) is 19.6. The van der Waals surface area contributed by atoms with E-state index in [9.17, 15) is 79.9 Å². The minimum absolute atomic E-state index is 0.0754. The fraction of sp³-hybridized carbons (Fsp3) is 0. The molecule has 0 saturated carbocycles. The highest BCUT2D eigenvalue weighted by atomic mass is 16.6. The summed E-state index contributed by atoms with van der Waals surface area (Å²) in [7, 11) is 0. The van der Waals surface area contributed by atoms with E-state index < -0.39 is 108 Å². The van der Waals surface area contributed by atoms with Crippen molar-refractivity contribution in [3.05, 3.63) is 96.1 Å². The number of benzene rings is 2. The van der Waals surface area contributed by atoms with Crippen LogP contribution in [0.2, 0.25) is 0 Å². The summed E-state index contributed by atoms with van der Waals surface area (Å²) in [6.07, 6.45) is 0. The van der Waals surface area contributed by atoms with Crippen molar-refractivity contribution < 1.29 is 48.7 Å². The first-order valence-electron chi connectivity index (χ1n) is 9.82. The Morgan fingerprint density at radius 3 is 0.857 bits per heavy atom. The highest BCUT2D eigenvalue weighted by molar-refractivity contribution is 6.41. The van der Waals surface area contributed by atoms with Gasteiger partial charge in [0.2, 0.25) is 0 Å². The van der Waals surface area contributed by atoms with Crippen LogP contribution in [0.1, 0.15) is 20.7 Å². The summed E-state index contributed by atoms with van der Waals surface area (Å²) in [5.74, 6) is 1.08. The van der Waals surface area contributed by atoms with Crippen molar-refractivity contribution in [2.75, 3.05) is 0 Å². The van der Waals surface area contributed by atoms with Crippen molar-refractivity contribution >= 4 is 57.8 Å². The first-order chi connectivity index (χ1) is 19.3. The SMILES string of the molecule is NN(C(=O)C(=O)N(N)C(=O)c1c([N+](=O)[O-])cc([N+](=O)[O-])cc1[N+](=O)[O-])C(=O)c1c([N+](=O)[O-])cc([N+](=O)[O-])cc1[N+](=O)[O-]. The van der Waals surface area contributed by atoms with Gasteiger partial charge >= 0.3 is 11.8 Å². The highest BCUT2D eigenvalue weighted by Gasteiger charge is 2.43. The number of carbonyl (C=O) groups excluding carboxylic acids is 4. The number of amides is 4. The molecule has 0 unspecified atom stereocenters. The first kappa shape index (κ1) is 31.3. The van der Waals surface area contributed by atoms with Gasteiger partial charge in [0.1, 0.15) is 0 Å². The van der Waals surface area contributed by atoms with E-state index in [1.165, 1.54) is 0 Å². The van der Waals surface area contributed by atoms with Gasteiger partial charge in [-0.2, -0.15) is 0 Å². The van der Waals surface area contributed by atoms with Crippen LogP contribution in [0.4, 0.5) is 34.1 Å². The Morgan fingerprint density at radius 1 is 0.476 bits per heavy atom. The molecule has 0 spiro atoms. The number of nitro groups is 6. The Hall–Kier alpha value is -6.96. The number of carbonyl (C=O) groups is 4. The Balaban J connectivity index is 2.61. The van der Waals surface area contributed by atoms with Gasteiger partial charge < -0.3 is 0 Å². The van der Waals surface area contributed by atoms with Crippen LogP contribution in [0.5, 0.6) is 0 Å². The topological polar surface area (TPSA) is 386 Å². The van der Waals surface area contributed by atoms with E-state index >= 15 is 0 Å². The molecule has 42 heavy (non-hydrogen) atoms. The molecule has 2 aromatic rings. The van der Waals surface area contributed by atoms with Crippen LogP contribution in [0.15, 0.2) is 24.3 Å². The number of nitrogens with two attached hydrogens (primary N) is 2. The van der Waals surface area contributed by atoms with Gasteiger partial charge in [-0.25, -0.2) is 21.7 Å². The van der Waals surface area contributed by atoms with Crippen molar-refractivity contribution in [2.45, 2.75) is 0 Å². The van der Waals surface area contributed by atoms with Crippen molar-refractivity contribution in [1.82, 2.24) is 10.0 Å². The van der Waals surface area contributed by atoms with Crippen LogP contribution in [0.3, 0.4) is 0 Å². The van der Waals surface area contributed by atoms with E-state index in [-0.39, 0.29) is 24.3 Å². The van der Waals surface area contributed by atoms with Crippen molar-refractivity contribution in [1.29, 1.82) is 0 Å². The molecule has 0 bridgehead atoms. The first-order valence-corrected chi connectivity index (χ1v) is 9.82. The molecule has 2 aromatic carbocycles. The van der Waals surface area contributed by atoms with Crippen LogP contribution in [-0.4, -0.2) is 63.2 Å². The minimum atomic E-state index is -2.41. The average molecular weight is 596 g/mol. The lowest BCUT2D eigenvalue weighted by molar-refractivity contribution is -0.403. The Bertz CT molecular complexity index is 1480. The molecule has 0 atom stereocenters. The van der Waals surface area contributed by atoms with Gasteiger partial charge in [-0.1, -0.05) is 0 Å². The van der Waals surface area contributed by atoms with Gasteiger partial charge in [0.05, 0.1) is 53.8 Å². The highest BCUT2D eigenvalue weighted by Crippen LogP contribution is 2.36. The van der Waals surface area contributed by atoms with Crippen molar-refractivity contribution in [3.63, 3.8) is 0 Å². The summed E-state index contributed by atoms with van der Waals surface area (Å²) in [4.78, 5) is 109. The maximum atomic E-state index is 12.7. The van der Waals surface area contributed by atoms with Gasteiger partial charge in [-0.15, -0.1) is 0 Å². The van der Waals surface area contributed by atoms with E-state index in [1.807, 2.05) is 0 Å². The molecule has 0 radical (unpaired) electrons. The third-order valence-corrected chi connectivity index (χ3v) is 4.86. The van der Waals surface area contributed by atoms with Crippen LogP contribution in [-0.2, 0) is 9.59 Å². The zero-order valence-electron chi connectivity index (χ0n) is 19.6. The quantitative estimate of drug-likeness (QED) is 0.128. The summed E-state index contributed by atoms with van der Waals surface area (Å²) in [5, 5.41) is 65.7. The molecule has 0 aliphatic heterocycles. The molecule has 0 aromatic heterocycles. The Morgan fingerprint density at radius 2 is 0.690 bits per heavy atom. The fourth-order valence-corrected chi connectivity index (χ4v) is 3.05. The lowest BCUT2D eigenvalue weighted by Crippen LogP contribution is -2.55. The molecule has 0 aliphatic carbocycles. The standard InChI is InChI=1S/C16H8N10O16/c17-19(13(27)11-7(23(35)36)1-5(21(31)32)2-8(11)24(37)38)15(29)16(30)20(18)14(28)12-9(25(39)40)3-6(22(33)34)4-10(12)26(41)42/h1-4H,17-18H2. The number of hydrogen-bond donors (Lipinski definition) is 2. The normalized spacial score (nSPS) is 10.2. The summed E-state index contributed by atoms with van der Waals surface area (Å²) < 4.78 is 0. The number of nitro benzene ring substituents is 6. The van der Waals surface area contributed by atoms with Gasteiger partial charge in [-0.3, -0.25) is 79.9 Å². The fourth-order valence-electron chi connectivity index (χ4n) is 3.05. The lowest BCUT2D eigenvalue weighted by Gasteiger charge is -2.18. The second-order valence-corrected chi connectivity index (χ2v) is 7.22. The van der Waals surface area contributed by atoms with Gasteiger partial charge in [0, 0.05) is 0 Å². The van der Waals surface area contributed by atoms with Crippen LogP contribution in [0, 0.1) is 60.7 Å². The Labute approximate surface area is 225 Å². The van der Waals surface area contributed by atoms with Crippen LogP contribution >= 0.6 is 0 Å². The molecule has 0 fully saturated rings. The third-order valence-electron chi connectivity index (χ3n) is 4.86. The number of hydrogen-bond acceptors (Lipinski definition) is 18. The van der Waals surface area contributed by atoms with E-state index in [4.69, 9.17) is 11.7 Å². The maximum absolute atomic E-state index is 12.7. The number of non-ortho nitro benzene ring substituents is 2. The minimum Gasteiger partial charge on any atom is -0.267 e. The summed E-state index contributed by atoms with van der Waals surface area (Å²) in [6, 6.07) is 0.302. The molecular weight excluding hydrogens is 588 g/mol. The number of rotatable bonds is 8. The molecule has 2 rings (SSSR count). The van der Waals surface area contributed by atoms with Gasteiger partial charge in [-0.05, 0) is 0 Å². The van der Waals surface area contributed by atoms with Crippen molar-refractivity contribution in [3.8, 4) is 0 Å². The van der Waals surface area contributed by atoms with E-state index in [0.29, 0.717) is 0 Å². The lowest BCUT2D eigenvalue weighted by atomic mass is 10.1. The van der Waals surface area contributed by atoms with E-state index in [0.717, 1.165) is 0 Å². The molecule has 26 nitrogen and oxygen atoms in total. The van der Waals surface area contributed by atoms with E-state index in [2.05, 4.69) is 0 Å². The zero-order chi connectivity index (χ0) is 32.4. The molecule has 0 saturated heterocycles. The smallest absolute Gasteiger partial charge is 0.267 e. The molecule has 4 N–H and O–H groups in total. The number of imide groups is 2. The molecular formula is C16H8N10O16.